The molecule has 0 unspecified atom stereocenters. The molecule has 0 radical (unpaired) electrons. The third kappa shape index (κ3) is 7.12. The van der Waals surface area contributed by atoms with Gasteiger partial charge in [-0.25, -0.2) is 0 Å². The van der Waals surface area contributed by atoms with Gasteiger partial charge in [0, 0.05) is 18.4 Å². The van der Waals surface area contributed by atoms with Crippen LogP contribution in [-0.2, 0) is 10.2 Å². The summed E-state index contributed by atoms with van der Waals surface area (Å²) in [6, 6.07) is 14.7. The second-order valence-corrected chi connectivity index (χ2v) is 9.09. The summed E-state index contributed by atoms with van der Waals surface area (Å²) in [6.07, 6.45) is 2.26. The molecule has 0 bridgehead atoms. The minimum absolute atomic E-state index is 0.116. The molecule has 0 saturated heterocycles. The maximum absolute atomic E-state index is 11.1. The molecule has 0 atom stereocenters. The van der Waals surface area contributed by atoms with Crippen LogP contribution in [0.2, 0.25) is 0 Å². The maximum Gasteiger partial charge on any atom is 0.144 e. The molecular formula is C27H36N4O. The monoisotopic (exact) mass is 432 g/mol. The van der Waals surface area contributed by atoms with Crippen LogP contribution in [0.4, 0.5) is 5.69 Å². The highest BCUT2D eigenvalue weighted by molar-refractivity contribution is 5.98. The Kier molecular flexibility index (Phi) is 8.41. The number of hydrogen-bond donors (Lipinski definition) is 2. The van der Waals surface area contributed by atoms with E-state index in [0.29, 0.717) is 18.1 Å². The Balaban J connectivity index is 2.03. The van der Waals surface area contributed by atoms with Crippen molar-refractivity contribution in [2.24, 2.45) is 5.10 Å². The second kappa shape index (κ2) is 10.8. The summed E-state index contributed by atoms with van der Waals surface area (Å²) in [4.78, 5) is 11.1. The number of benzene rings is 2. The van der Waals surface area contributed by atoms with Crippen LogP contribution in [-0.4, -0.2) is 30.6 Å². The van der Waals surface area contributed by atoms with Gasteiger partial charge in [0.1, 0.15) is 12.1 Å². The standard InChI is InChI=1S/C27H36N4O/c1-19-9-14-25(17-20(19)2)28-18-26(15-16-32)29-22(4)31(8)30-21(3)23-10-12-24(13-11-23)27(5,6)7/h9-17,28-29H,4,18H2,1-3,5-8H3/b26-15-,30-21+. The highest BCUT2D eigenvalue weighted by Gasteiger charge is 2.13. The third-order valence-electron chi connectivity index (χ3n) is 5.42. The summed E-state index contributed by atoms with van der Waals surface area (Å²) in [5.41, 5.74) is 7.50. The zero-order chi connectivity index (χ0) is 23.9. The maximum atomic E-state index is 11.1. The van der Waals surface area contributed by atoms with Crippen molar-refractivity contribution in [3.63, 3.8) is 0 Å². The zero-order valence-corrected chi connectivity index (χ0v) is 20.4. The van der Waals surface area contributed by atoms with Gasteiger partial charge in [0.2, 0.25) is 0 Å². The molecule has 0 fully saturated rings. The van der Waals surface area contributed by atoms with E-state index in [2.05, 4.69) is 93.3 Å². The smallest absolute Gasteiger partial charge is 0.144 e. The first kappa shape index (κ1) is 24.9. The fraction of sp³-hybridized carbons (Fsp3) is 0.333. The Morgan fingerprint density at radius 1 is 1.09 bits per heavy atom. The van der Waals surface area contributed by atoms with Gasteiger partial charge in [-0.3, -0.25) is 9.80 Å². The molecule has 2 N–H and O–H groups in total. The van der Waals surface area contributed by atoms with Crippen LogP contribution in [0.3, 0.4) is 0 Å². The Morgan fingerprint density at radius 2 is 1.75 bits per heavy atom. The molecule has 0 spiro atoms. The Labute approximate surface area is 192 Å². The molecule has 0 aromatic heterocycles. The minimum Gasteiger partial charge on any atom is -0.379 e. The molecule has 2 aromatic carbocycles. The van der Waals surface area contributed by atoms with E-state index in [4.69, 9.17) is 0 Å². The van der Waals surface area contributed by atoms with Crippen molar-refractivity contribution in [1.29, 1.82) is 0 Å². The lowest BCUT2D eigenvalue weighted by molar-refractivity contribution is -0.104. The van der Waals surface area contributed by atoms with E-state index >= 15 is 0 Å². The van der Waals surface area contributed by atoms with Gasteiger partial charge in [0.05, 0.1) is 12.3 Å². The van der Waals surface area contributed by atoms with Gasteiger partial charge in [-0.2, -0.15) is 5.10 Å². The summed E-state index contributed by atoms with van der Waals surface area (Å²) in [6.45, 7) is 17.3. The van der Waals surface area contributed by atoms with Gasteiger partial charge in [0.15, 0.2) is 0 Å². The van der Waals surface area contributed by atoms with Crippen LogP contribution in [0.15, 0.2) is 71.7 Å². The van der Waals surface area contributed by atoms with Gasteiger partial charge in [-0.1, -0.05) is 57.7 Å². The molecule has 2 aromatic rings. The number of hydrogen-bond acceptors (Lipinski definition) is 5. The first-order valence-electron chi connectivity index (χ1n) is 10.8. The van der Waals surface area contributed by atoms with Crippen LogP contribution in [0.1, 0.15) is 49.9 Å². The lowest BCUT2D eigenvalue weighted by Crippen LogP contribution is -2.27. The first-order valence-corrected chi connectivity index (χ1v) is 10.8. The van der Waals surface area contributed by atoms with Crippen molar-refractivity contribution in [3.8, 4) is 0 Å². The zero-order valence-electron chi connectivity index (χ0n) is 20.4. The molecule has 5 nitrogen and oxygen atoms in total. The fourth-order valence-electron chi connectivity index (χ4n) is 3.10. The summed E-state index contributed by atoms with van der Waals surface area (Å²) < 4.78 is 0. The van der Waals surface area contributed by atoms with Crippen molar-refractivity contribution in [2.45, 2.75) is 47.0 Å². The van der Waals surface area contributed by atoms with Crippen LogP contribution >= 0.6 is 0 Å². The number of hydrazone groups is 1. The molecule has 0 aliphatic carbocycles. The summed E-state index contributed by atoms with van der Waals surface area (Å²) in [5, 5.41) is 12.9. The average Bonchev–Trinajstić information content (AvgIpc) is 2.73. The number of aryl methyl sites for hydroxylation is 2. The number of allylic oxidation sites excluding steroid dienone is 1. The molecule has 0 heterocycles. The molecule has 0 amide bonds. The number of carbonyl (C=O) groups is 1. The lowest BCUT2D eigenvalue weighted by Gasteiger charge is -2.21. The third-order valence-corrected chi connectivity index (χ3v) is 5.42. The Bertz CT molecular complexity index is 1010. The van der Waals surface area contributed by atoms with Crippen molar-refractivity contribution in [3.05, 3.63) is 88.9 Å². The first-order chi connectivity index (χ1) is 15.0. The number of anilines is 1. The van der Waals surface area contributed by atoms with Gasteiger partial charge >= 0.3 is 0 Å². The average molecular weight is 433 g/mol. The predicted octanol–water partition coefficient (Wildman–Crippen LogP) is 5.51. The normalized spacial score (nSPS) is 12.3. The summed E-state index contributed by atoms with van der Waals surface area (Å²) in [5.74, 6) is 0.575. The van der Waals surface area contributed by atoms with E-state index in [1.807, 2.05) is 20.0 Å². The van der Waals surface area contributed by atoms with Crippen LogP contribution in [0.25, 0.3) is 0 Å². The Morgan fingerprint density at radius 3 is 2.31 bits per heavy atom. The highest BCUT2D eigenvalue weighted by atomic mass is 16.1. The second-order valence-electron chi connectivity index (χ2n) is 9.09. The van der Waals surface area contributed by atoms with E-state index in [0.717, 1.165) is 23.2 Å². The predicted molar refractivity (Wildman–Crippen MR) is 136 cm³/mol. The van der Waals surface area contributed by atoms with Gasteiger partial charge in [0.25, 0.3) is 0 Å². The summed E-state index contributed by atoms with van der Waals surface area (Å²) in [7, 11) is 1.83. The number of nitrogens with one attached hydrogen (secondary N) is 2. The lowest BCUT2D eigenvalue weighted by atomic mass is 9.86. The van der Waals surface area contributed by atoms with E-state index in [-0.39, 0.29) is 5.41 Å². The van der Waals surface area contributed by atoms with Crippen molar-refractivity contribution < 1.29 is 4.79 Å². The van der Waals surface area contributed by atoms with Crippen LogP contribution in [0.5, 0.6) is 0 Å². The topological polar surface area (TPSA) is 56.7 Å². The molecule has 0 saturated carbocycles. The molecule has 170 valence electrons. The number of rotatable bonds is 9. The molecule has 2 rings (SSSR count). The molecular weight excluding hydrogens is 396 g/mol. The van der Waals surface area contributed by atoms with Gasteiger partial charge in [-0.05, 0) is 66.6 Å². The number of aldehydes is 1. The van der Waals surface area contributed by atoms with E-state index in [9.17, 15) is 4.79 Å². The van der Waals surface area contributed by atoms with Gasteiger partial charge in [-0.15, -0.1) is 0 Å². The highest BCUT2D eigenvalue weighted by Crippen LogP contribution is 2.22. The van der Waals surface area contributed by atoms with Crippen molar-refractivity contribution in [1.82, 2.24) is 10.3 Å². The molecule has 0 aliphatic rings. The molecule has 32 heavy (non-hydrogen) atoms. The molecule has 0 aliphatic heterocycles. The Hall–Kier alpha value is -3.34. The fourth-order valence-corrected chi connectivity index (χ4v) is 3.10. The quantitative estimate of drug-likeness (QED) is 0.237. The largest absolute Gasteiger partial charge is 0.379 e. The van der Waals surface area contributed by atoms with E-state index in [1.165, 1.54) is 22.8 Å². The van der Waals surface area contributed by atoms with Crippen LogP contribution in [0, 0.1) is 13.8 Å². The van der Waals surface area contributed by atoms with Crippen LogP contribution < -0.4 is 10.6 Å². The summed E-state index contributed by atoms with van der Waals surface area (Å²) >= 11 is 0. The van der Waals surface area contributed by atoms with Crippen molar-refractivity contribution >= 4 is 17.7 Å². The SMILES string of the molecule is C=C(N/C(=C\C=O)CNc1ccc(C)c(C)c1)N(C)/N=C(\C)c1ccc(C(C)(C)C)cc1. The minimum atomic E-state index is 0.116. The van der Waals surface area contributed by atoms with Gasteiger partial charge < -0.3 is 10.6 Å². The van der Waals surface area contributed by atoms with E-state index < -0.39 is 0 Å². The number of nitrogens with zero attached hydrogens (tertiary/aromatic N) is 2. The van der Waals surface area contributed by atoms with E-state index in [1.54, 1.807) is 5.01 Å². The number of carbonyl (C=O) groups excluding carboxylic acids is 1. The van der Waals surface area contributed by atoms with Crippen molar-refractivity contribution in [2.75, 3.05) is 18.9 Å². The molecule has 5 heteroatoms.